The van der Waals surface area contributed by atoms with Crippen LogP contribution in [0.2, 0.25) is 0 Å². The molecule has 1 unspecified atom stereocenters. The van der Waals surface area contributed by atoms with Crippen molar-refractivity contribution in [2.24, 2.45) is 5.92 Å². The first-order chi connectivity index (χ1) is 9.47. The normalized spacial score (nSPS) is 18.7. The molecule has 1 saturated heterocycles. The van der Waals surface area contributed by atoms with Crippen molar-refractivity contribution >= 4 is 17.7 Å². The summed E-state index contributed by atoms with van der Waals surface area (Å²) in [5, 5.41) is 11.2. The lowest BCUT2D eigenvalue weighted by molar-refractivity contribution is 0.0696. The largest absolute Gasteiger partial charge is 0.478 e. The van der Waals surface area contributed by atoms with Crippen LogP contribution in [0.15, 0.2) is 18.2 Å². The zero-order valence-electron chi connectivity index (χ0n) is 11.2. The molecule has 0 aliphatic carbocycles. The highest BCUT2D eigenvalue weighted by molar-refractivity contribution is 5.91. The molecule has 1 fully saturated rings. The molecule has 0 spiro atoms. The number of carboxylic acids is 1. The topological polar surface area (TPSA) is 69.6 Å². The third kappa shape index (κ3) is 3.26. The molecule has 1 heterocycles. The maximum absolute atomic E-state index is 13.7. The molecule has 1 aromatic carbocycles. The Bertz CT molecular complexity index is 533. The number of hydrogen-bond donors (Lipinski definition) is 2. The summed E-state index contributed by atoms with van der Waals surface area (Å²) in [7, 11) is 0. The van der Waals surface area contributed by atoms with Crippen LogP contribution in [0.4, 0.5) is 14.9 Å². The Morgan fingerprint density at radius 1 is 1.45 bits per heavy atom. The van der Waals surface area contributed by atoms with Crippen LogP contribution >= 0.6 is 0 Å². The monoisotopic (exact) mass is 280 g/mol. The molecule has 108 valence electrons. The number of amides is 2. The Morgan fingerprint density at radius 3 is 2.80 bits per heavy atom. The van der Waals surface area contributed by atoms with Crippen molar-refractivity contribution in [3.63, 3.8) is 0 Å². The molecule has 1 aromatic rings. The lowest BCUT2D eigenvalue weighted by atomic mass is 10.0. The number of carbonyl (C=O) groups is 2. The molecule has 20 heavy (non-hydrogen) atoms. The molecule has 1 aliphatic rings. The summed E-state index contributed by atoms with van der Waals surface area (Å²) < 4.78 is 13.7. The number of likely N-dealkylation sites (tertiary alicyclic amines) is 1. The number of carboxylic acid groups (broad SMARTS) is 1. The summed E-state index contributed by atoms with van der Waals surface area (Å²) in [6.07, 6.45) is 2.03. The summed E-state index contributed by atoms with van der Waals surface area (Å²) in [6.45, 7) is 3.38. The molecular weight excluding hydrogens is 263 g/mol. The number of rotatable bonds is 2. The summed E-state index contributed by atoms with van der Waals surface area (Å²) in [4.78, 5) is 24.4. The van der Waals surface area contributed by atoms with E-state index in [1.165, 1.54) is 12.1 Å². The van der Waals surface area contributed by atoms with E-state index in [1.807, 2.05) is 0 Å². The van der Waals surface area contributed by atoms with Gasteiger partial charge in [-0.2, -0.15) is 0 Å². The van der Waals surface area contributed by atoms with Crippen LogP contribution in [0.1, 0.15) is 30.1 Å². The van der Waals surface area contributed by atoms with E-state index in [2.05, 4.69) is 12.2 Å². The highest BCUT2D eigenvalue weighted by Gasteiger charge is 2.21. The van der Waals surface area contributed by atoms with Crippen LogP contribution in [-0.4, -0.2) is 35.1 Å². The Hall–Kier alpha value is -2.11. The minimum atomic E-state index is -1.20. The van der Waals surface area contributed by atoms with E-state index in [-0.39, 0.29) is 17.3 Å². The summed E-state index contributed by atoms with van der Waals surface area (Å²) in [5.74, 6) is -1.51. The predicted octanol–water partition coefficient (Wildman–Crippen LogP) is 2.79. The molecule has 2 amide bonds. The van der Waals surface area contributed by atoms with Gasteiger partial charge >= 0.3 is 12.0 Å². The van der Waals surface area contributed by atoms with Gasteiger partial charge in [0.05, 0.1) is 11.3 Å². The van der Waals surface area contributed by atoms with Crippen LogP contribution in [0, 0.1) is 11.7 Å². The molecular formula is C14H17FN2O3. The fourth-order valence-electron chi connectivity index (χ4n) is 2.32. The molecule has 6 heteroatoms. The van der Waals surface area contributed by atoms with Gasteiger partial charge in [-0.3, -0.25) is 0 Å². The molecule has 2 N–H and O–H groups in total. The molecule has 0 aromatic heterocycles. The second kappa shape index (κ2) is 5.90. The molecule has 1 atom stereocenters. The zero-order chi connectivity index (χ0) is 14.7. The van der Waals surface area contributed by atoms with E-state index in [9.17, 15) is 14.0 Å². The van der Waals surface area contributed by atoms with Crippen LogP contribution < -0.4 is 5.32 Å². The number of benzene rings is 1. The first-order valence-corrected chi connectivity index (χ1v) is 6.56. The molecule has 0 bridgehead atoms. The van der Waals surface area contributed by atoms with Crippen LogP contribution in [0.5, 0.6) is 0 Å². The van der Waals surface area contributed by atoms with Crippen molar-refractivity contribution in [2.45, 2.75) is 19.8 Å². The number of nitrogens with one attached hydrogen (secondary N) is 1. The van der Waals surface area contributed by atoms with E-state index in [1.54, 1.807) is 4.90 Å². The highest BCUT2D eigenvalue weighted by Crippen LogP contribution is 2.19. The van der Waals surface area contributed by atoms with Crippen LogP contribution in [0.3, 0.4) is 0 Å². The van der Waals surface area contributed by atoms with Gasteiger partial charge in [-0.25, -0.2) is 14.0 Å². The number of urea groups is 1. The Balaban J connectivity index is 2.06. The van der Waals surface area contributed by atoms with Gasteiger partial charge in [0, 0.05) is 13.1 Å². The third-order valence-corrected chi connectivity index (χ3v) is 3.40. The van der Waals surface area contributed by atoms with Gasteiger partial charge in [0.1, 0.15) is 5.82 Å². The Kier molecular flexibility index (Phi) is 4.22. The minimum absolute atomic E-state index is 0.00164. The van der Waals surface area contributed by atoms with Crippen LogP contribution in [0.25, 0.3) is 0 Å². The van der Waals surface area contributed by atoms with Gasteiger partial charge < -0.3 is 15.3 Å². The number of hydrogen-bond acceptors (Lipinski definition) is 2. The number of halogens is 1. The number of aromatic carboxylic acids is 1. The zero-order valence-corrected chi connectivity index (χ0v) is 11.2. The average molecular weight is 280 g/mol. The molecule has 1 aliphatic heterocycles. The number of carbonyl (C=O) groups excluding carboxylic acids is 1. The van der Waals surface area contributed by atoms with Gasteiger partial charge in [0.15, 0.2) is 0 Å². The van der Waals surface area contributed by atoms with Crippen LogP contribution in [-0.2, 0) is 0 Å². The second-order valence-corrected chi connectivity index (χ2v) is 5.12. The Morgan fingerprint density at radius 2 is 2.20 bits per heavy atom. The van der Waals surface area contributed by atoms with Crippen molar-refractivity contribution in [3.05, 3.63) is 29.6 Å². The van der Waals surface area contributed by atoms with Gasteiger partial charge in [-0.15, -0.1) is 0 Å². The second-order valence-electron chi connectivity index (χ2n) is 5.12. The number of anilines is 1. The summed E-state index contributed by atoms with van der Waals surface area (Å²) in [5.41, 5.74) is -0.148. The highest BCUT2D eigenvalue weighted by atomic mass is 19.1. The first kappa shape index (κ1) is 14.3. The van der Waals surface area contributed by atoms with Gasteiger partial charge in [-0.1, -0.05) is 6.92 Å². The lowest BCUT2D eigenvalue weighted by Gasteiger charge is -2.30. The van der Waals surface area contributed by atoms with Crippen molar-refractivity contribution in [2.75, 3.05) is 18.4 Å². The number of piperidine rings is 1. The number of nitrogens with zero attached hydrogens (tertiary/aromatic N) is 1. The predicted molar refractivity (Wildman–Crippen MR) is 72.3 cm³/mol. The molecule has 0 saturated carbocycles. The maximum Gasteiger partial charge on any atom is 0.335 e. The van der Waals surface area contributed by atoms with Gasteiger partial charge in [0.2, 0.25) is 0 Å². The van der Waals surface area contributed by atoms with E-state index in [0.29, 0.717) is 19.0 Å². The SMILES string of the molecule is CC1CCCN(C(=O)Nc2ccc(C(=O)O)cc2F)C1. The fourth-order valence-corrected chi connectivity index (χ4v) is 2.32. The van der Waals surface area contributed by atoms with Gasteiger partial charge in [0.25, 0.3) is 0 Å². The third-order valence-electron chi connectivity index (χ3n) is 3.40. The standard InChI is InChI=1S/C14H17FN2O3/c1-9-3-2-6-17(8-9)14(20)16-12-5-4-10(13(18)19)7-11(12)15/h4-5,7,9H,2-3,6,8H2,1H3,(H,16,20)(H,18,19). The molecule has 5 nitrogen and oxygen atoms in total. The first-order valence-electron chi connectivity index (χ1n) is 6.56. The summed E-state index contributed by atoms with van der Waals surface area (Å²) >= 11 is 0. The van der Waals surface area contributed by atoms with E-state index in [0.717, 1.165) is 18.9 Å². The summed E-state index contributed by atoms with van der Waals surface area (Å²) in [6, 6.07) is 3.08. The van der Waals surface area contributed by atoms with E-state index < -0.39 is 11.8 Å². The molecule has 2 rings (SSSR count). The Labute approximate surface area is 116 Å². The minimum Gasteiger partial charge on any atom is -0.478 e. The maximum atomic E-state index is 13.7. The van der Waals surface area contributed by atoms with E-state index in [4.69, 9.17) is 5.11 Å². The van der Waals surface area contributed by atoms with Crippen molar-refractivity contribution in [1.29, 1.82) is 0 Å². The van der Waals surface area contributed by atoms with Crippen molar-refractivity contribution < 1.29 is 19.1 Å². The quantitative estimate of drug-likeness (QED) is 0.875. The fraction of sp³-hybridized carbons (Fsp3) is 0.429. The van der Waals surface area contributed by atoms with E-state index >= 15 is 0 Å². The van der Waals surface area contributed by atoms with Crippen molar-refractivity contribution in [3.8, 4) is 0 Å². The van der Waals surface area contributed by atoms with Crippen molar-refractivity contribution in [1.82, 2.24) is 4.90 Å². The van der Waals surface area contributed by atoms with Gasteiger partial charge in [-0.05, 0) is 37.0 Å². The molecule has 0 radical (unpaired) electrons. The lowest BCUT2D eigenvalue weighted by Crippen LogP contribution is -2.41. The average Bonchev–Trinajstić information content (AvgIpc) is 2.40. The smallest absolute Gasteiger partial charge is 0.335 e.